The quantitative estimate of drug-likeness (QED) is 0.629. The number of aliphatic hydroxyl groups is 1. The Morgan fingerprint density at radius 3 is 2.79 bits per heavy atom. The van der Waals surface area contributed by atoms with E-state index in [1.165, 1.54) is 5.57 Å². The average Bonchev–Trinajstić information content (AvgIpc) is 2.65. The molecule has 0 spiro atoms. The number of carbonyl (C=O) groups excluding carboxylic acids is 2. The van der Waals surface area contributed by atoms with Crippen molar-refractivity contribution in [1.82, 2.24) is 10.6 Å². The molecular formula is C19H28N2O3. The van der Waals surface area contributed by atoms with Crippen LogP contribution in [0, 0.1) is 22.7 Å². The lowest BCUT2D eigenvalue weighted by Gasteiger charge is -2.50. The number of amides is 2. The molecular weight excluding hydrogens is 304 g/mol. The molecule has 24 heavy (non-hydrogen) atoms. The molecule has 0 aromatic rings. The number of fused-ring (bicyclic) bond motifs is 5. The maximum absolute atomic E-state index is 12.7. The van der Waals surface area contributed by atoms with E-state index >= 15 is 0 Å². The zero-order valence-electron chi connectivity index (χ0n) is 14.6. The van der Waals surface area contributed by atoms with E-state index in [2.05, 4.69) is 24.5 Å². The largest absolute Gasteiger partial charge is 0.393 e. The zero-order chi connectivity index (χ0) is 17.1. The van der Waals surface area contributed by atoms with Crippen LogP contribution in [0.15, 0.2) is 11.6 Å². The molecule has 2 aliphatic heterocycles. The second kappa shape index (κ2) is 5.32. The lowest BCUT2D eigenvalue weighted by Crippen LogP contribution is -2.54. The van der Waals surface area contributed by atoms with E-state index in [1.807, 2.05) is 0 Å². The van der Waals surface area contributed by atoms with Gasteiger partial charge >= 0.3 is 0 Å². The van der Waals surface area contributed by atoms with Crippen molar-refractivity contribution in [2.24, 2.45) is 22.7 Å². The van der Waals surface area contributed by atoms with Crippen LogP contribution >= 0.6 is 0 Å². The first-order chi connectivity index (χ1) is 11.3. The van der Waals surface area contributed by atoms with E-state index in [0.29, 0.717) is 24.8 Å². The summed E-state index contributed by atoms with van der Waals surface area (Å²) in [6.45, 7) is 4.96. The minimum absolute atomic E-state index is 0.00625. The smallest absolute Gasteiger partial charge is 0.243 e. The van der Waals surface area contributed by atoms with Crippen molar-refractivity contribution in [2.45, 2.75) is 64.5 Å². The maximum Gasteiger partial charge on any atom is 0.243 e. The van der Waals surface area contributed by atoms with Gasteiger partial charge in [-0.15, -0.1) is 0 Å². The van der Waals surface area contributed by atoms with Crippen molar-refractivity contribution in [3.63, 3.8) is 0 Å². The van der Waals surface area contributed by atoms with Crippen LogP contribution in [-0.4, -0.2) is 35.6 Å². The predicted molar refractivity (Wildman–Crippen MR) is 89.9 cm³/mol. The third-order valence-electron chi connectivity index (χ3n) is 7.58. The van der Waals surface area contributed by atoms with Gasteiger partial charge in [-0.2, -0.15) is 0 Å². The molecule has 0 aromatic carbocycles. The predicted octanol–water partition coefficient (Wildman–Crippen LogP) is 1.51. The molecule has 5 heteroatoms. The van der Waals surface area contributed by atoms with Crippen LogP contribution < -0.4 is 10.6 Å². The molecule has 0 radical (unpaired) electrons. The molecule has 0 bridgehead atoms. The summed E-state index contributed by atoms with van der Waals surface area (Å²) >= 11 is 0. The fourth-order valence-corrected chi connectivity index (χ4v) is 6.12. The lowest BCUT2D eigenvalue weighted by molar-refractivity contribution is -0.125. The van der Waals surface area contributed by atoms with Crippen LogP contribution in [0.1, 0.15) is 52.4 Å². The van der Waals surface area contributed by atoms with Gasteiger partial charge in [0, 0.05) is 35.9 Å². The number of hydrogen-bond donors (Lipinski definition) is 3. The minimum Gasteiger partial charge on any atom is -0.393 e. The number of hydrogen-bond acceptors (Lipinski definition) is 3. The van der Waals surface area contributed by atoms with Gasteiger partial charge < -0.3 is 15.7 Å². The molecule has 4 rings (SSSR count). The molecule has 3 N–H and O–H groups in total. The monoisotopic (exact) mass is 332 g/mol. The second-order valence-electron chi connectivity index (χ2n) is 8.76. The van der Waals surface area contributed by atoms with Crippen molar-refractivity contribution in [2.75, 3.05) is 6.54 Å². The Hall–Kier alpha value is -1.36. The van der Waals surface area contributed by atoms with Gasteiger partial charge in [0.05, 0.1) is 6.10 Å². The Kier molecular flexibility index (Phi) is 3.57. The van der Waals surface area contributed by atoms with E-state index < -0.39 is 0 Å². The summed E-state index contributed by atoms with van der Waals surface area (Å²) in [6.07, 6.45) is 6.38. The topological polar surface area (TPSA) is 78.4 Å². The van der Waals surface area contributed by atoms with Crippen LogP contribution in [0.25, 0.3) is 0 Å². The summed E-state index contributed by atoms with van der Waals surface area (Å²) in [5.41, 5.74) is 0.706. The van der Waals surface area contributed by atoms with E-state index in [1.54, 1.807) is 6.08 Å². The molecule has 0 aromatic heterocycles. The first-order valence-corrected chi connectivity index (χ1v) is 9.31. The molecule has 132 valence electrons. The van der Waals surface area contributed by atoms with Crippen molar-refractivity contribution in [1.29, 1.82) is 0 Å². The number of rotatable bonds is 0. The van der Waals surface area contributed by atoms with Crippen LogP contribution in [-0.2, 0) is 9.59 Å². The highest BCUT2D eigenvalue weighted by molar-refractivity contribution is 5.89. The maximum atomic E-state index is 12.7. The normalized spacial score (nSPS) is 48.0. The van der Waals surface area contributed by atoms with Gasteiger partial charge in [0.15, 0.2) is 0 Å². The van der Waals surface area contributed by atoms with E-state index in [0.717, 1.165) is 32.1 Å². The Labute approximate surface area is 143 Å². The summed E-state index contributed by atoms with van der Waals surface area (Å²) in [5.74, 6) is 0.811. The SMILES string of the molecule is C[C@]12CC(=O)N[C@H]3[C@@H](CCC4=CC(=O)NCC[C@@]43C)[C@@H]1CC[C@@H]2O. The van der Waals surface area contributed by atoms with Gasteiger partial charge in [-0.25, -0.2) is 0 Å². The molecule has 0 unspecified atom stereocenters. The van der Waals surface area contributed by atoms with Gasteiger partial charge in [-0.1, -0.05) is 19.4 Å². The molecule has 3 fully saturated rings. The fourth-order valence-electron chi connectivity index (χ4n) is 6.12. The fraction of sp³-hybridized carbons (Fsp3) is 0.789. The first kappa shape index (κ1) is 16.1. The van der Waals surface area contributed by atoms with Crippen LogP contribution in [0.2, 0.25) is 0 Å². The zero-order valence-corrected chi connectivity index (χ0v) is 14.6. The summed E-state index contributed by atoms with van der Waals surface area (Å²) in [6, 6.07) is 0.0647. The lowest BCUT2D eigenvalue weighted by atomic mass is 9.57. The molecule has 2 aliphatic carbocycles. The van der Waals surface area contributed by atoms with Crippen molar-refractivity contribution >= 4 is 11.8 Å². The Bertz CT molecular complexity index is 616. The molecule has 2 amide bonds. The molecule has 1 saturated heterocycles. The minimum atomic E-state index is -0.380. The van der Waals surface area contributed by atoms with Crippen molar-refractivity contribution in [3.8, 4) is 0 Å². The van der Waals surface area contributed by atoms with Crippen LogP contribution in [0.5, 0.6) is 0 Å². The molecule has 4 aliphatic rings. The first-order valence-electron chi connectivity index (χ1n) is 9.31. The third-order valence-corrected chi connectivity index (χ3v) is 7.58. The highest BCUT2D eigenvalue weighted by Crippen LogP contribution is 2.58. The molecule has 2 saturated carbocycles. The third kappa shape index (κ3) is 2.17. The second-order valence-corrected chi connectivity index (χ2v) is 8.76. The van der Waals surface area contributed by atoms with E-state index in [-0.39, 0.29) is 34.8 Å². The van der Waals surface area contributed by atoms with Crippen LogP contribution in [0.3, 0.4) is 0 Å². The average molecular weight is 332 g/mol. The summed E-state index contributed by atoms with van der Waals surface area (Å²) in [7, 11) is 0. The molecule has 5 nitrogen and oxygen atoms in total. The van der Waals surface area contributed by atoms with Gasteiger partial charge in [0.2, 0.25) is 11.8 Å². The summed E-state index contributed by atoms with van der Waals surface area (Å²) in [4.78, 5) is 24.6. The Balaban J connectivity index is 1.76. The highest BCUT2D eigenvalue weighted by Gasteiger charge is 2.58. The van der Waals surface area contributed by atoms with E-state index in [9.17, 15) is 14.7 Å². The van der Waals surface area contributed by atoms with E-state index in [4.69, 9.17) is 0 Å². The molecule has 6 atom stereocenters. The highest BCUT2D eigenvalue weighted by atomic mass is 16.3. The molecule has 2 heterocycles. The van der Waals surface area contributed by atoms with Gasteiger partial charge in [0.25, 0.3) is 0 Å². The standard InChI is InChI=1S/C19H28N2O3/c1-18-7-8-20-15(23)9-11(18)3-4-12-13-5-6-14(22)19(13,2)10-16(24)21-17(12)18/h9,12-14,17,22H,3-8,10H2,1-2H3,(H,20,23)(H,21,24)/t12-,13-,14-,17-,18-,19-/m0/s1. The number of nitrogens with one attached hydrogen (secondary N) is 2. The Morgan fingerprint density at radius 2 is 2.00 bits per heavy atom. The van der Waals surface area contributed by atoms with Crippen molar-refractivity contribution < 1.29 is 14.7 Å². The van der Waals surface area contributed by atoms with Gasteiger partial charge in [-0.3, -0.25) is 9.59 Å². The summed E-state index contributed by atoms with van der Waals surface area (Å²) < 4.78 is 0. The van der Waals surface area contributed by atoms with Crippen molar-refractivity contribution in [3.05, 3.63) is 11.6 Å². The van der Waals surface area contributed by atoms with Crippen LogP contribution in [0.4, 0.5) is 0 Å². The summed E-state index contributed by atoms with van der Waals surface area (Å²) in [5, 5.41) is 16.8. The van der Waals surface area contributed by atoms with Gasteiger partial charge in [0.1, 0.15) is 0 Å². The number of aliphatic hydroxyl groups excluding tert-OH is 1. The number of carbonyl (C=O) groups is 2. The van der Waals surface area contributed by atoms with Gasteiger partial charge in [-0.05, 0) is 43.9 Å². The Morgan fingerprint density at radius 1 is 1.21 bits per heavy atom.